The van der Waals surface area contributed by atoms with E-state index in [4.69, 9.17) is 5.73 Å². The van der Waals surface area contributed by atoms with Crippen LogP contribution in [0.15, 0.2) is 46.9 Å². The minimum absolute atomic E-state index is 0.187. The third kappa shape index (κ3) is 3.88. The van der Waals surface area contributed by atoms with E-state index in [1.54, 1.807) is 24.5 Å². The van der Waals surface area contributed by atoms with E-state index in [0.717, 1.165) is 12.7 Å². The zero-order valence-electron chi connectivity index (χ0n) is 10.2. The predicted octanol–water partition coefficient (Wildman–Crippen LogP) is 2.74. The average molecular weight is 492 g/mol. The number of aromatic hydroxyl groups is 1. The second-order valence-electron chi connectivity index (χ2n) is 3.79. The van der Waals surface area contributed by atoms with Crippen molar-refractivity contribution in [3.8, 4) is 5.75 Å². The van der Waals surface area contributed by atoms with Crippen LogP contribution < -0.4 is 5.73 Å². The highest BCUT2D eigenvalue weighted by Gasteiger charge is 2.05. The van der Waals surface area contributed by atoms with Crippen LogP contribution in [0.3, 0.4) is 0 Å². The van der Waals surface area contributed by atoms with Crippen molar-refractivity contribution >= 4 is 57.2 Å². The van der Waals surface area contributed by atoms with Gasteiger partial charge in [0, 0.05) is 27.1 Å². The minimum atomic E-state index is 0.187. The van der Waals surface area contributed by atoms with E-state index in [2.05, 4.69) is 60.4 Å². The summed E-state index contributed by atoms with van der Waals surface area (Å²) in [5.74, 6) is 0.482. The fraction of sp³-hybridized carbons (Fsp3) is 0. The monoisotopic (exact) mass is 492 g/mol. The van der Waals surface area contributed by atoms with Gasteiger partial charge in [-0.3, -0.25) is 4.98 Å². The second-order valence-corrected chi connectivity index (χ2v) is 6.20. The van der Waals surface area contributed by atoms with Gasteiger partial charge in [0.1, 0.15) is 5.75 Å². The molecule has 7 heteroatoms. The van der Waals surface area contributed by atoms with Crippen LogP contribution in [0.25, 0.3) is 0 Å². The molecule has 0 amide bonds. The summed E-state index contributed by atoms with van der Waals surface area (Å²) in [6.45, 7) is 0. The highest BCUT2D eigenvalue weighted by molar-refractivity contribution is 14.1. The van der Waals surface area contributed by atoms with Crippen LogP contribution in [-0.2, 0) is 0 Å². The van der Waals surface area contributed by atoms with Crippen LogP contribution in [0.5, 0.6) is 5.75 Å². The van der Waals surface area contributed by atoms with Gasteiger partial charge in [0.25, 0.3) is 0 Å². The Bertz CT molecular complexity index is 672. The van der Waals surface area contributed by atoms with Gasteiger partial charge in [-0.25, -0.2) is 0 Å². The molecular formula is C13H10I2N4O. The standard InChI is InChI=1S/C13H10I2N4O/c14-10-5-9(12(20)11(15)6-10)7-18-19-13(16)8-1-3-17-4-2-8/h1-7,20H,(H2,16,19)/b18-7+. The lowest BCUT2D eigenvalue weighted by atomic mass is 10.2. The first-order valence-corrected chi connectivity index (χ1v) is 7.68. The quantitative estimate of drug-likeness (QED) is 0.300. The zero-order valence-corrected chi connectivity index (χ0v) is 14.5. The van der Waals surface area contributed by atoms with E-state index in [1.165, 1.54) is 6.21 Å². The number of hydrogen-bond donors (Lipinski definition) is 2. The molecule has 0 aliphatic heterocycles. The van der Waals surface area contributed by atoms with Crippen LogP contribution in [0.2, 0.25) is 0 Å². The predicted molar refractivity (Wildman–Crippen MR) is 96.1 cm³/mol. The third-order valence-corrected chi connectivity index (χ3v) is 3.84. The van der Waals surface area contributed by atoms with Gasteiger partial charge in [0.15, 0.2) is 5.84 Å². The Labute approximate surface area is 143 Å². The Morgan fingerprint density at radius 2 is 1.95 bits per heavy atom. The maximum Gasteiger partial charge on any atom is 0.153 e. The van der Waals surface area contributed by atoms with Crippen LogP contribution in [0, 0.1) is 7.14 Å². The number of pyridine rings is 1. The van der Waals surface area contributed by atoms with E-state index < -0.39 is 0 Å². The average Bonchev–Trinajstić information content (AvgIpc) is 2.44. The smallest absolute Gasteiger partial charge is 0.153 e. The maximum absolute atomic E-state index is 9.91. The Morgan fingerprint density at radius 1 is 1.25 bits per heavy atom. The number of nitrogens with two attached hydrogens (primary N) is 1. The van der Waals surface area contributed by atoms with Crippen LogP contribution in [0.1, 0.15) is 11.1 Å². The SMILES string of the molecule is N/C(=N\N=C\c1cc(I)cc(I)c1O)c1ccncc1. The van der Waals surface area contributed by atoms with Crippen molar-refractivity contribution in [3.63, 3.8) is 0 Å². The Balaban J connectivity index is 2.23. The number of halogens is 2. The molecule has 0 bridgehead atoms. The number of hydrogen-bond acceptors (Lipinski definition) is 4. The number of phenols is 1. The maximum atomic E-state index is 9.91. The van der Waals surface area contributed by atoms with Crippen molar-refractivity contribution in [3.05, 3.63) is 54.9 Å². The zero-order chi connectivity index (χ0) is 14.5. The molecule has 1 heterocycles. The highest BCUT2D eigenvalue weighted by Crippen LogP contribution is 2.25. The first kappa shape index (κ1) is 15.2. The molecule has 0 saturated carbocycles. The topological polar surface area (TPSA) is 83.9 Å². The first-order valence-electron chi connectivity index (χ1n) is 5.53. The van der Waals surface area contributed by atoms with Gasteiger partial charge >= 0.3 is 0 Å². The van der Waals surface area contributed by atoms with E-state index in [-0.39, 0.29) is 5.75 Å². The van der Waals surface area contributed by atoms with Gasteiger partial charge in [0.05, 0.1) is 9.78 Å². The van der Waals surface area contributed by atoms with Crippen molar-refractivity contribution in [2.75, 3.05) is 0 Å². The first-order chi connectivity index (χ1) is 9.58. The van der Waals surface area contributed by atoms with Crippen LogP contribution >= 0.6 is 45.2 Å². The second kappa shape index (κ2) is 6.97. The van der Waals surface area contributed by atoms with Crippen molar-refractivity contribution in [2.45, 2.75) is 0 Å². The largest absolute Gasteiger partial charge is 0.506 e. The summed E-state index contributed by atoms with van der Waals surface area (Å²) in [5.41, 5.74) is 7.15. The molecule has 3 N–H and O–H groups in total. The summed E-state index contributed by atoms with van der Waals surface area (Å²) < 4.78 is 1.78. The van der Waals surface area contributed by atoms with Gasteiger partial charge in [-0.2, -0.15) is 5.10 Å². The van der Waals surface area contributed by atoms with Crippen molar-refractivity contribution in [2.24, 2.45) is 15.9 Å². The lowest BCUT2D eigenvalue weighted by Crippen LogP contribution is -2.12. The fourth-order valence-electron chi connectivity index (χ4n) is 1.42. The van der Waals surface area contributed by atoms with Crippen molar-refractivity contribution in [1.29, 1.82) is 0 Å². The van der Waals surface area contributed by atoms with E-state index >= 15 is 0 Å². The molecule has 2 rings (SSSR count). The highest BCUT2D eigenvalue weighted by atomic mass is 127. The molecule has 5 nitrogen and oxygen atoms in total. The van der Waals surface area contributed by atoms with E-state index in [0.29, 0.717) is 11.4 Å². The molecule has 2 aromatic rings. The summed E-state index contributed by atoms with van der Waals surface area (Å²) in [7, 11) is 0. The number of benzene rings is 1. The number of phenolic OH excluding ortho intramolecular Hbond substituents is 1. The molecule has 0 saturated heterocycles. The fourth-order valence-corrected chi connectivity index (χ4v) is 3.31. The molecule has 0 unspecified atom stereocenters. The minimum Gasteiger partial charge on any atom is -0.506 e. The number of rotatable bonds is 3. The van der Waals surface area contributed by atoms with E-state index in [1.807, 2.05) is 12.1 Å². The molecule has 1 aromatic carbocycles. The lowest BCUT2D eigenvalue weighted by molar-refractivity contribution is 0.470. The van der Waals surface area contributed by atoms with Crippen molar-refractivity contribution in [1.82, 2.24) is 4.98 Å². The van der Waals surface area contributed by atoms with Crippen LogP contribution in [-0.4, -0.2) is 22.1 Å². The van der Waals surface area contributed by atoms with Crippen LogP contribution in [0.4, 0.5) is 0 Å². The number of aromatic nitrogens is 1. The summed E-state index contributed by atoms with van der Waals surface area (Å²) >= 11 is 4.24. The third-order valence-electron chi connectivity index (χ3n) is 2.40. The molecule has 0 radical (unpaired) electrons. The summed E-state index contributed by atoms with van der Waals surface area (Å²) in [6, 6.07) is 7.20. The molecule has 20 heavy (non-hydrogen) atoms. The molecule has 0 fully saturated rings. The molecule has 0 spiro atoms. The number of nitrogens with zero attached hydrogens (tertiary/aromatic N) is 3. The number of amidine groups is 1. The van der Waals surface area contributed by atoms with Gasteiger partial charge in [-0.1, -0.05) is 0 Å². The molecular weight excluding hydrogens is 482 g/mol. The van der Waals surface area contributed by atoms with Gasteiger partial charge in [0.2, 0.25) is 0 Å². The summed E-state index contributed by atoms with van der Waals surface area (Å²) in [4.78, 5) is 3.90. The lowest BCUT2D eigenvalue weighted by Gasteiger charge is -2.02. The molecule has 1 aromatic heterocycles. The summed E-state index contributed by atoms with van der Waals surface area (Å²) in [6.07, 6.45) is 4.75. The summed E-state index contributed by atoms with van der Waals surface area (Å²) in [5, 5.41) is 17.7. The van der Waals surface area contributed by atoms with Gasteiger partial charge < -0.3 is 10.8 Å². The molecule has 0 aliphatic carbocycles. The normalized spacial score (nSPS) is 12.0. The van der Waals surface area contributed by atoms with E-state index in [9.17, 15) is 5.11 Å². The van der Waals surface area contributed by atoms with Gasteiger partial charge in [-0.05, 0) is 69.4 Å². The Hall–Kier alpha value is -1.23. The molecule has 0 atom stereocenters. The van der Waals surface area contributed by atoms with Crippen molar-refractivity contribution < 1.29 is 5.11 Å². The Kier molecular flexibility index (Phi) is 5.29. The van der Waals surface area contributed by atoms with Gasteiger partial charge in [-0.15, -0.1) is 5.10 Å². The molecule has 0 aliphatic rings. The Morgan fingerprint density at radius 3 is 2.65 bits per heavy atom. The molecule has 102 valence electrons.